The number of anilines is 1. The molecule has 0 bridgehead atoms. The van der Waals surface area contributed by atoms with Crippen LogP contribution in [-0.2, 0) is 10.3 Å². The Balaban J connectivity index is 1.86. The van der Waals surface area contributed by atoms with E-state index in [1.165, 1.54) is 10.8 Å². The molecule has 1 saturated heterocycles. The van der Waals surface area contributed by atoms with Crippen molar-refractivity contribution in [1.29, 1.82) is 0 Å². The third-order valence-electron chi connectivity index (χ3n) is 4.67. The van der Waals surface area contributed by atoms with Gasteiger partial charge in [-0.15, -0.1) is 0 Å². The number of aromatic nitrogens is 3. The van der Waals surface area contributed by atoms with E-state index in [-0.39, 0.29) is 0 Å². The number of fused-ring (bicyclic) bond motifs is 1. The molecule has 4 rings (SSSR count). The Kier molecular flexibility index (Phi) is 2.29. The number of nitrogens with zero attached hydrogens (tertiary/aromatic N) is 3. The van der Waals surface area contributed by atoms with Crippen molar-refractivity contribution in [2.24, 2.45) is 0 Å². The van der Waals surface area contributed by atoms with E-state index in [9.17, 15) is 15.3 Å². The van der Waals surface area contributed by atoms with Crippen LogP contribution in [0.4, 0.5) is 5.82 Å². The Bertz CT molecular complexity index is 734. The van der Waals surface area contributed by atoms with E-state index in [4.69, 9.17) is 10.5 Å². The van der Waals surface area contributed by atoms with E-state index < -0.39 is 29.5 Å². The molecular weight excluding hydrogens is 276 g/mol. The molecule has 0 radical (unpaired) electrons. The Morgan fingerprint density at radius 3 is 2.67 bits per heavy atom. The fourth-order valence-electron chi connectivity index (χ4n) is 3.29. The molecule has 5 N–H and O–H groups in total. The van der Waals surface area contributed by atoms with Gasteiger partial charge in [-0.3, -0.25) is 0 Å². The third kappa shape index (κ3) is 1.42. The van der Waals surface area contributed by atoms with E-state index in [0.717, 1.165) is 0 Å². The second-order valence-electron chi connectivity index (χ2n) is 5.93. The van der Waals surface area contributed by atoms with E-state index in [1.807, 2.05) is 0 Å². The van der Waals surface area contributed by atoms with Gasteiger partial charge in [-0.2, -0.15) is 5.10 Å². The molecule has 5 atom stereocenters. The number of nitrogen functional groups attached to an aromatic ring is 1. The molecule has 0 amide bonds. The summed E-state index contributed by atoms with van der Waals surface area (Å²) in [4.78, 5) is 3.91. The zero-order chi connectivity index (χ0) is 15.0. The van der Waals surface area contributed by atoms with E-state index >= 15 is 0 Å². The summed E-state index contributed by atoms with van der Waals surface area (Å²) >= 11 is 0. The van der Waals surface area contributed by atoms with Gasteiger partial charge >= 0.3 is 0 Å². The highest BCUT2D eigenvalue weighted by atomic mass is 16.6. The Morgan fingerprint density at radius 1 is 1.33 bits per heavy atom. The molecular formula is C13H16N4O4. The fourth-order valence-corrected chi connectivity index (χ4v) is 3.29. The van der Waals surface area contributed by atoms with Gasteiger partial charge in [0.25, 0.3) is 0 Å². The lowest BCUT2D eigenvalue weighted by Crippen LogP contribution is -2.39. The van der Waals surface area contributed by atoms with Crippen molar-refractivity contribution < 1.29 is 20.1 Å². The van der Waals surface area contributed by atoms with Crippen LogP contribution in [0, 0.1) is 0 Å². The first-order valence-corrected chi connectivity index (χ1v) is 6.73. The van der Waals surface area contributed by atoms with Crippen molar-refractivity contribution in [3.63, 3.8) is 0 Å². The maximum absolute atomic E-state index is 10.4. The molecule has 112 valence electrons. The van der Waals surface area contributed by atoms with Crippen LogP contribution in [0.15, 0.2) is 18.5 Å². The maximum Gasteiger partial charge on any atom is 0.151 e. The molecule has 1 saturated carbocycles. The quantitative estimate of drug-likeness (QED) is 0.519. The molecule has 3 heterocycles. The summed E-state index contributed by atoms with van der Waals surface area (Å²) in [6, 6.07) is 3.46. The van der Waals surface area contributed by atoms with E-state index in [0.29, 0.717) is 23.4 Å². The molecule has 1 aliphatic heterocycles. The molecule has 2 aliphatic rings. The smallest absolute Gasteiger partial charge is 0.151 e. The third-order valence-corrected chi connectivity index (χ3v) is 4.67. The molecule has 1 aliphatic carbocycles. The molecule has 0 aromatic carbocycles. The number of ether oxygens (including phenoxy) is 1. The fraction of sp³-hybridized carbons (Fsp3) is 0.538. The molecule has 2 fully saturated rings. The van der Waals surface area contributed by atoms with Gasteiger partial charge in [-0.05, 0) is 19.1 Å². The summed E-state index contributed by atoms with van der Waals surface area (Å²) in [5, 5.41) is 34.5. The van der Waals surface area contributed by atoms with Gasteiger partial charge in [0.15, 0.2) is 5.82 Å². The molecule has 21 heavy (non-hydrogen) atoms. The normalized spacial score (nSPS) is 42.0. The highest BCUT2D eigenvalue weighted by Crippen LogP contribution is 2.56. The second kappa shape index (κ2) is 3.72. The Labute approximate surface area is 119 Å². The van der Waals surface area contributed by atoms with Crippen LogP contribution in [0.2, 0.25) is 0 Å². The van der Waals surface area contributed by atoms with Crippen LogP contribution in [0.1, 0.15) is 19.0 Å². The van der Waals surface area contributed by atoms with Gasteiger partial charge in [0.1, 0.15) is 35.3 Å². The lowest BCUT2D eigenvalue weighted by molar-refractivity contribution is -0.0990. The van der Waals surface area contributed by atoms with E-state index in [1.54, 1.807) is 19.1 Å². The van der Waals surface area contributed by atoms with Gasteiger partial charge in [-0.1, -0.05) is 0 Å². The molecule has 8 heteroatoms. The first-order valence-electron chi connectivity index (χ1n) is 6.73. The standard InChI is InChI=1S/C13H16N4O4/c1-12(9(19)10(20)13(21-12)4-8(13)18)7-3-2-6-11(14)15-5-16-17(6)7/h2-3,5,8-10,18-20H,4H2,1H3,(H2,14,15,16)/t8-,9+,10-,12-,13?/m0/s1. The second-order valence-corrected chi connectivity index (χ2v) is 5.93. The number of nitrogens with two attached hydrogens (primary N) is 1. The average Bonchev–Trinajstić information content (AvgIpc) is 2.84. The van der Waals surface area contributed by atoms with Crippen molar-refractivity contribution in [3.8, 4) is 0 Å². The molecule has 2 aromatic rings. The number of aliphatic hydroxyl groups is 3. The van der Waals surface area contributed by atoms with Crippen LogP contribution in [-0.4, -0.2) is 53.8 Å². The highest BCUT2D eigenvalue weighted by Gasteiger charge is 2.72. The summed E-state index contributed by atoms with van der Waals surface area (Å²) in [6.45, 7) is 1.67. The van der Waals surface area contributed by atoms with Crippen molar-refractivity contribution in [1.82, 2.24) is 14.6 Å². The zero-order valence-electron chi connectivity index (χ0n) is 11.3. The van der Waals surface area contributed by atoms with Crippen LogP contribution >= 0.6 is 0 Å². The lowest BCUT2D eigenvalue weighted by Gasteiger charge is -2.27. The van der Waals surface area contributed by atoms with Gasteiger partial charge in [0, 0.05) is 6.42 Å². The minimum absolute atomic E-state index is 0.307. The minimum Gasteiger partial charge on any atom is -0.390 e. The Hall–Kier alpha value is -1.74. The molecule has 1 unspecified atom stereocenters. The summed E-state index contributed by atoms with van der Waals surface area (Å²) in [7, 11) is 0. The molecule has 1 spiro atoms. The summed E-state index contributed by atoms with van der Waals surface area (Å²) in [6.07, 6.45) is -1.48. The highest BCUT2D eigenvalue weighted by molar-refractivity contribution is 5.65. The minimum atomic E-state index is -1.19. The average molecular weight is 292 g/mol. The van der Waals surface area contributed by atoms with Crippen molar-refractivity contribution >= 4 is 11.3 Å². The topological polar surface area (TPSA) is 126 Å². The number of rotatable bonds is 1. The maximum atomic E-state index is 10.4. The molecule has 2 aromatic heterocycles. The van der Waals surface area contributed by atoms with Crippen LogP contribution in [0.5, 0.6) is 0 Å². The zero-order valence-corrected chi connectivity index (χ0v) is 11.3. The van der Waals surface area contributed by atoms with E-state index in [2.05, 4.69) is 10.1 Å². The van der Waals surface area contributed by atoms with Gasteiger partial charge in [0.05, 0.1) is 11.8 Å². The first kappa shape index (κ1) is 13.0. The van der Waals surface area contributed by atoms with Gasteiger partial charge in [-0.25, -0.2) is 9.50 Å². The Morgan fingerprint density at radius 2 is 2.05 bits per heavy atom. The first-order chi connectivity index (χ1) is 9.90. The lowest BCUT2D eigenvalue weighted by atomic mass is 9.93. The predicted octanol–water partition coefficient (Wildman–Crippen LogP) is -1.22. The van der Waals surface area contributed by atoms with Gasteiger partial charge < -0.3 is 25.8 Å². The monoisotopic (exact) mass is 292 g/mol. The number of hydrogen-bond acceptors (Lipinski definition) is 7. The number of aliphatic hydroxyl groups excluding tert-OH is 3. The number of hydrogen-bond donors (Lipinski definition) is 4. The van der Waals surface area contributed by atoms with Crippen LogP contribution in [0.25, 0.3) is 5.52 Å². The largest absolute Gasteiger partial charge is 0.390 e. The van der Waals surface area contributed by atoms with Gasteiger partial charge in [0.2, 0.25) is 0 Å². The van der Waals surface area contributed by atoms with Crippen LogP contribution in [0.3, 0.4) is 0 Å². The summed E-state index contributed by atoms with van der Waals surface area (Å²) < 4.78 is 7.44. The van der Waals surface area contributed by atoms with Crippen molar-refractivity contribution in [2.45, 2.75) is 42.9 Å². The summed E-state index contributed by atoms with van der Waals surface area (Å²) in [5.41, 5.74) is 4.66. The van der Waals surface area contributed by atoms with Crippen LogP contribution < -0.4 is 5.73 Å². The summed E-state index contributed by atoms with van der Waals surface area (Å²) in [5.74, 6) is 0.314. The van der Waals surface area contributed by atoms with Crippen molar-refractivity contribution in [3.05, 3.63) is 24.2 Å². The SMILES string of the molecule is C[C@@]1(c2ccc3c(N)ncnn23)OC2(C[C@@H]2O)[C@@H](O)[C@H]1O. The molecule has 8 nitrogen and oxygen atoms in total. The van der Waals surface area contributed by atoms with Crippen molar-refractivity contribution in [2.75, 3.05) is 5.73 Å². The predicted molar refractivity (Wildman–Crippen MR) is 71.2 cm³/mol.